The van der Waals surface area contributed by atoms with Crippen LogP contribution in [0.25, 0.3) is 0 Å². The maximum Gasteiger partial charge on any atom is 0.0612 e. The van der Waals surface area contributed by atoms with E-state index in [1.165, 1.54) is 11.1 Å². The molecule has 0 bridgehead atoms. The number of aliphatic hydroxyl groups excluding tert-OH is 2. The van der Waals surface area contributed by atoms with Gasteiger partial charge >= 0.3 is 0 Å². The number of aliphatic hydroxyl groups is 2. The first-order valence-corrected chi connectivity index (χ1v) is 5.17. The van der Waals surface area contributed by atoms with E-state index in [1.807, 2.05) is 12.2 Å². The number of allylic oxidation sites excluding steroid dienone is 3. The minimum Gasteiger partial charge on any atom is -0.392 e. The predicted octanol–water partition coefficient (Wildman–Crippen LogP) is 1.70. The molecule has 0 radical (unpaired) electrons. The number of hydrogen-bond acceptors (Lipinski definition) is 2. The summed E-state index contributed by atoms with van der Waals surface area (Å²) in [5, 5.41) is 19.2. The first-order chi connectivity index (χ1) is 6.75. The number of hydrogen-bond donors (Lipinski definition) is 2. The molecule has 0 aliphatic heterocycles. The van der Waals surface area contributed by atoms with E-state index in [0.717, 1.165) is 12.8 Å². The molecule has 0 saturated carbocycles. The van der Waals surface area contributed by atoms with Crippen LogP contribution in [0.4, 0.5) is 0 Å². The van der Waals surface area contributed by atoms with Gasteiger partial charge in [-0.2, -0.15) is 0 Å². The Bertz CT molecular complexity index is 271. The van der Waals surface area contributed by atoms with Crippen molar-refractivity contribution in [1.29, 1.82) is 0 Å². The highest BCUT2D eigenvalue weighted by atomic mass is 16.3. The van der Waals surface area contributed by atoms with E-state index < -0.39 is 0 Å². The molecule has 2 heteroatoms. The normalized spacial score (nSPS) is 32.4. The molecule has 76 valence electrons. The summed E-state index contributed by atoms with van der Waals surface area (Å²) in [5.74, 6) is 0. The van der Waals surface area contributed by atoms with Crippen LogP contribution in [0.3, 0.4) is 0 Å². The van der Waals surface area contributed by atoms with Gasteiger partial charge in [-0.25, -0.2) is 0 Å². The first-order valence-electron chi connectivity index (χ1n) is 5.17. The van der Waals surface area contributed by atoms with E-state index in [0.29, 0.717) is 12.8 Å². The molecule has 2 unspecified atom stereocenters. The minimum atomic E-state index is -0.280. The van der Waals surface area contributed by atoms with Crippen molar-refractivity contribution in [2.24, 2.45) is 0 Å². The van der Waals surface area contributed by atoms with Gasteiger partial charge in [0.25, 0.3) is 0 Å². The van der Waals surface area contributed by atoms with Gasteiger partial charge in [0.15, 0.2) is 0 Å². The van der Waals surface area contributed by atoms with Gasteiger partial charge in [0.1, 0.15) is 0 Å². The SMILES string of the molecule is OC1CC=CC2=C(C1)CC(O)CC=C2. The molecule has 2 nitrogen and oxygen atoms in total. The third kappa shape index (κ3) is 2.14. The molecular formula is C12H16O2. The van der Waals surface area contributed by atoms with Crippen LogP contribution in [0.5, 0.6) is 0 Å². The highest BCUT2D eigenvalue weighted by Gasteiger charge is 2.17. The lowest BCUT2D eigenvalue weighted by atomic mass is 9.98. The maximum atomic E-state index is 9.62. The van der Waals surface area contributed by atoms with Crippen molar-refractivity contribution in [1.82, 2.24) is 0 Å². The molecule has 2 rings (SSSR count). The van der Waals surface area contributed by atoms with Gasteiger partial charge in [0.05, 0.1) is 12.2 Å². The van der Waals surface area contributed by atoms with Crippen molar-refractivity contribution < 1.29 is 10.2 Å². The topological polar surface area (TPSA) is 40.5 Å². The largest absolute Gasteiger partial charge is 0.392 e. The van der Waals surface area contributed by atoms with E-state index >= 15 is 0 Å². The fourth-order valence-corrected chi connectivity index (χ4v) is 2.05. The van der Waals surface area contributed by atoms with Crippen molar-refractivity contribution in [2.45, 2.75) is 37.9 Å². The van der Waals surface area contributed by atoms with Crippen LogP contribution < -0.4 is 0 Å². The van der Waals surface area contributed by atoms with E-state index in [2.05, 4.69) is 12.2 Å². The maximum absolute atomic E-state index is 9.62. The average Bonchev–Trinajstić information content (AvgIpc) is 2.37. The zero-order chi connectivity index (χ0) is 9.97. The Morgan fingerprint density at radius 2 is 1.43 bits per heavy atom. The van der Waals surface area contributed by atoms with Crippen LogP contribution in [-0.4, -0.2) is 22.4 Å². The summed E-state index contributed by atoms with van der Waals surface area (Å²) in [4.78, 5) is 0. The molecule has 0 spiro atoms. The van der Waals surface area contributed by atoms with E-state index in [1.54, 1.807) is 0 Å². The molecule has 2 aliphatic rings. The third-order valence-electron chi connectivity index (χ3n) is 2.78. The Labute approximate surface area is 84.3 Å². The van der Waals surface area contributed by atoms with Gasteiger partial charge in [-0.3, -0.25) is 0 Å². The van der Waals surface area contributed by atoms with Gasteiger partial charge in [-0.15, -0.1) is 0 Å². The predicted molar refractivity (Wildman–Crippen MR) is 55.8 cm³/mol. The van der Waals surface area contributed by atoms with Crippen molar-refractivity contribution >= 4 is 0 Å². The lowest BCUT2D eigenvalue weighted by molar-refractivity contribution is 0.160. The Morgan fingerprint density at radius 1 is 0.929 bits per heavy atom. The minimum absolute atomic E-state index is 0.280. The molecule has 0 aromatic heterocycles. The highest BCUT2D eigenvalue weighted by Crippen LogP contribution is 2.27. The van der Waals surface area contributed by atoms with Crippen LogP contribution in [0.2, 0.25) is 0 Å². The molecule has 2 N–H and O–H groups in total. The Hall–Kier alpha value is -0.860. The van der Waals surface area contributed by atoms with Crippen LogP contribution in [0.1, 0.15) is 25.7 Å². The molecule has 0 amide bonds. The van der Waals surface area contributed by atoms with Crippen LogP contribution in [0, 0.1) is 0 Å². The van der Waals surface area contributed by atoms with Gasteiger partial charge in [-0.05, 0) is 31.3 Å². The van der Waals surface area contributed by atoms with Crippen molar-refractivity contribution in [3.63, 3.8) is 0 Å². The molecule has 2 atom stereocenters. The fourth-order valence-electron chi connectivity index (χ4n) is 2.05. The van der Waals surface area contributed by atoms with Crippen molar-refractivity contribution in [3.05, 3.63) is 35.5 Å². The molecule has 2 aliphatic carbocycles. The summed E-state index contributed by atoms with van der Waals surface area (Å²) in [6.45, 7) is 0. The summed E-state index contributed by atoms with van der Waals surface area (Å²) in [7, 11) is 0. The summed E-state index contributed by atoms with van der Waals surface area (Å²) in [5.41, 5.74) is 2.37. The van der Waals surface area contributed by atoms with E-state index in [4.69, 9.17) is 0 Å². The quantitative estimate of drug-likeness (QED) is 0.613. The molecule has 0 aromatic rings. The summed E-state index contributed by atoms with van der Waals surface area (Å²) in [6, 6.07) is 0. The van der Waals surface area contributed by atoms with Gasteiger partial charge < -0.3 is 10.2 Å². The van der Waals surface area contributed by atoms with Crippen molar-refractivity contribution in [3.8, 4) is 0 Å². The van der Waals surface area contributed by atoms with Crippen LogP contribution in [0.15, 0.2) is 35.5 Å². The summed E-state index contributed by atoms with van der Waals surface area (Å²) >= 11 is 0. The second-order valence-electron chi connectivity index (χ2n) is 4.05. The standard InChI is InChI=1S/C12H16O2/c13-11-5-1-3-9-4-2-6-12(14)8-10(9)7-11/h1-4,11-14H,5-8H2. The van der Waals surface area contributed by atoms with Gasteiger partial charge in [0, 0.05) is 0 Å². The van der Waals surface area contributed by atoms with E-state index in [-0.39, 0.29) is 12.2 Å². The second kappa shape index (κ2) is 4.11. The zero-order valence-electron chi connectivity index (χ0n) is 8.19. The highest BCUT2D eigenvalue weighted by molar-refractivity contribution is 5.39. The first kappa shape index (κ1) is 9.69. The summed E-state index contributed by atoms with van der Waals surface area (Å²) in [6.07, 6.45) is 10.4. The molecule has 0 aromatic carbocycles. The summed E-state index contributed by atoms with van der Waals surface area (Å²) < 4.78 is 0. The van der Waals surface area contributed by atoms with Crippen molar-refractivity contribution in [2.75, 3.05) is 0 Å². The zero-order valence-corrected chi connectivity index (χ0v) is 8.19. The fraction of sp³-hybridized carbons (Fsp3) is 0.500. The van der Waals surface area contributed by atoms with Crippen LogP contribution in [-0.2, 0) is 0 Å². The lowest BCUT2D eigenvalue weighted by Gasteiger charge is -2.13. The molecular weight excluding hydrogens is 176 g/mol. The lowest BCUT2D eigenvalue weighted by Crippen LogP contribution is -2.10. The third-order valence-corrected chi connectivity index (χ3v) is 2.78. The monoisotopic (exact) mass is 192 g/mol. The molecule has 0 fully saturated rings. The Morgan fingerprint density at radius 3 is 1.93 bits per heavy atom. The molecule has 14 heavy (non-hydrogen) atoms. The smallest absolute Gasteiger partial charge is 0.0612 e. The van der Waals surface area contributed by atoms with Gasteiger partial charge in [-0.1, -0.05) is 29.9 Å². The molecule has 0 saturated heterocycles. The Balaban J connectivity index is 2.27. The Kier molecular flexibility index (Phi) is 2.85. The number of rotatable bonds is 0. The van der Waals surface area contributed by atoms with Crippen LogP contribution >= 0.6 is 0 Å². The molecule has 0 heterocycles. The van der Waals surface area contributed by atoms with E-state index in [9.17, 15) is 10.2 Å². The average molecular weight is 192 g/mol. The second-order valence-corrected chi connectivity index (χ2v) is 4.05. The van der Waals surface area contributed by atoms with Gasteiger partial charge in [0.2, 0.25) is 0 Å².